The number of fused-ring (bicyclic) bond motifs is 1. The fourth-order valence-corrected chi connectivity index (χ4v) is 2.90. The largest absolute Gasteiger partial charge is 0.356 e. The van der Waals surface area contributed by atoms with Crippen molar-refractivity contribution in [3.63, 3.8) is 0 Å². The third-order valence-electron chi connectivity index (χ3n) is 4.54. The third-order valence-corrected chi connectivity index (χ3v) is 4.54. The highest BCUT2D eigenvalue weighted by Crippen LogP contribution is 2.20. The van der Waals surface area contributed by atoms with E-state index in [0.29, 0.717) is 5.56 Å². The second-order valence-corrected chi connectivity index (χ2v) is 6.62. The summed E-state index contributed by atoms with van der Waals surface area (Å²) in [6.45, 7) is 3.85. The Kier molecular flexibility index (Phi) is 4.72. The maximum Gasteiger partial charge on any atom is 0.255 e. The van der Waals surface area contributed by atoms with Gasteiger partial charge in [-0.1, -0.05) is 18.2 Å². The van der Waals surface area contributed by atoms with E-state index < -0.39 is 0 Å². The molecule has 1 aromatic heterocycles. The fourth-order valence-electron chi connectivity index (χ4n) is 2.90. The molecule has 0 saturated heterocycles. The van der Waals surface area contributed by atoms with E-state index in [9.17, 15) is 4.79 Å². The van der Waals surface area contributed by atoms with Crippen LogP contribution in [0.2, 0.25) is 0 Å². The molecule has 1 heterocycles. The van der Waals surface area contributed by atoms with Gasteiger partial charge < -0.3 is 10.6 Å². The molecule has 2 N–H and O–H groups in total. The van der Waals surface area contributed by atoms with Gasteiger partial charge in [-0.25, -0.2) is 9.97 Å². The lowest BCUT2D eigenvalue weighted by molar-refractivity contribution is 0.102. The number of hydrogen-bond acceptors (Lipinski definition) is 4. The Bertz CT molecular complexity index is 1140. The van der Waals surface area contributed by atoms with Crippen LogP contribution < -0.4 is 10.6 Å². The van der Waals surface area contributed by atoms with Gasteiger partial charge in [0.15, 0.2) is 0 Å². The van der Waals surface area contributed by atoms with Crippen molar-refractivity contribution >= 4 is 34.0 Å². The molecule has 5 nitrogen and oxygen atoms in total. The van der Waals surface area contributed by atoms with Gasteiger partial charge in [-0.2, -0.15) is 0 Å². The van der Waals surface area contributed by atoms with Crippen LogP contribution in [0.1, 0.15) is 21.7 Å². The van der Waals surface area contributed by atoms with E-state index in [1.54, 1.807) is 12.1 Å². The first-order valence-corrected chi connectivity index (χ1v) is 9.07. The summed E-state index contributed by atoms with van der Waals surface area (Å²) in [7, 11) is 0. The number of aromatic nitrogens is 2. The Balaban J connectivity index is 1.48. The van der Waals surface area contributed by atoms with E-state index in [4.69, 9.17) is 0 Å². The smallest absolute Gasteiger partial charge is 0.255 e. The van der Waals surface area contributed by atoms with Crippen molar-refractivity contribution in [1.29, 1.82) is 0 Å². The number of amides is 1. The molecule has 0 atom stereocenters. The van der Waals surface area contributed by atoms with Crippen LogP contribution in [-0.2, 0) is 0 Å². The zero-order valence-corrected chi connectivity index (χ0v) is 15.7. The van der Waals surface area contributed by atoms with Crippen LogP contribution in [0.5, 0.6) is 0 Å². The number of aryl methyl sites for hydroxylation is 2. The van der Waals surface area contributed by atoms with E-state index in [-0.39, 0.29) is 5.91 Å². The van der Waals surface area contributed by atoms with E-state index >= 15 is 0 Å². The molecule has 0 radical (unpaired) electrons. The Hall–Kier alpha value is -3.73. The molecule has 0 saturated carbocycles. The number of carbonyl (C=O) groups excluding carboxylic acids is 1. The quantitative estimate of drug-likeness (QED) is 0.517. The maximum atomic E-state index is 12.6. The summed E-state index contributed by atoms with van der Waals surface area (Å²) < 4.78 is 0. The first kappa shape index (κ1) is 17.7. The Morgan fingerprint density at radius 3 is 2.04 bits per heavy atom. The van der Waals surface area contributed by atoms with Gasteiger partial charge in [-0.15, -0.1) is 0 Å². The fraction of sp³-hybridized carbons (Fsp3) is 0.0870. The molecule has 1 amide bonds. The molecular formula is C23H20N4O. The zero-order valence-electron chi connectivity index (χ0n) is 15.7. The van der Waals surface area contributed by atoms with Crippen LogP contribution in [0.3, 0.4) is 0 Å². The van der Waals surface area contributed by atoms with Crippen molar-refractivity contribution in [1.82, 2.24) is 9.97 Å². The van der Waals surface area contributed by atoms with E-state index in [1.807, 2.05) is 74.5 Å². The van der Waals surface area contributed by atoms with Crippen LogP contribution in [0.15, 0.2) is 72.8 Å². The van der Waals surface area contributed by atoms with E-state index in [2.05, 4.69) is 20.6 Å². The van der Waals surface area contributed by atoms with Crippen molar-refractivity contribution < 1.29 is 4.79 Å². The second kappa shape index (κ2) is 7.48. The summed E-state index contributed by atoms with van der Waals surface area (Å²) in [6, 6.07) is 22.9. The molecule has 28 heavy (non-hydrogen) atoms. The van der Waals surface area contributed by atoms with Crippen LogP contribution in [0, 0.1) is 13.8 Å². The normalized spacial score (nSPS) is 10.6. The predicted octanol–water partition coefficient (Wildman–Crippen LogP) is 5.24. The van der Waals surface area contributed by atoms with Gasteiger partial charge in [0.05, 0.1) is 22.4 Å². The Labute approximate surface area is 163 Å². The lowest BCUT2D eigenvalue weighted by Crippen LogP contribution is -2.12. The number of rotatable bonds is 4. The standard InChI is InChI=1S/C23H20N4O/c1-15-16(2)25-22-14-17(8-13-21(22)24-15)23(28)27-20-11-9-19(10-12-20)26-18-6-4-3-5-7-18/h3-14,26H,1-2H3,(H,27,28). The molecule has 4 aromatic rings. The van der Waals surface area contributed by atoms with Crippen molar-refractivity contribution in [2.24, 2.45) is 0 Å². The Morgan fingerprint density at radius 1 is 0.714 bits per heavy atom. The summed E-state index contributed by atoms with van der Waals surface area (Å²) in [5.74, 6) is -0.175. The average molecular weight is 368 g/mol. The minimum Gasteiger partial charge on any atom is -0.356 e. The van der Waals surface area contributed by atoms with Gasteiger partial charge in [0.1, 0.15) is 0 Å². The lowest BCUT2D eigenvalue weighted by atomic mass is 10.1. The number of anilines is 3. The van der Waals surface area contributed by atoms with Gasteiger partial charge in [-0.3, -0.25) is 4.79 Å². The minimum absolute atomic E-state index is 0.175. The molecule has 0 bridgehead atoms. The first-order valence-electron chi connectivity index (χ1n) is 9.07. The van der Waals surface area contributed by atoms with Crippen LogP contribution >= 0.6 is 0 Å². The third kappa shape index (κ3) is 3.83. The molecule has 0 aliphatic carbocycles. The Morgan fingerprint density at radius 2 is 1.32 bits per heavy atom. The molecule has 0 fully saturated rings. The summed E-state index contributed by atoms with van der Waals surface area (Å²) in [5, 5.41) is 6.24. The molecule has 0 aliphatic rings. The van der Waals surface area contributed by atoms with Gasteiger partial charge in [0, 0.05) is 22.6 Å². The topological polar surface area (TPSA) is 66.9 Å². The molecule has 138 valence electrons. The number of nitrogens with one attached hydrogen (secondary N) is 2. The summed E-state index contributed by atoms with van der Waals surface area (Å²) in [4.78, 5) is 21.6. The molecule has 5 heteroatoms. The monoisotopic (exact) mass is 368 g/mol. The van der Waals surface area contributed by atoms with Crippen LogP contribution in [-0.4, -0.2) is 15.9 Å². The van der Waals surface area contributed by atoms with Gasteiger partial charge in [-0.05, 0) is 68.4 Å². The molecule has 0 unspecified atom stereocenters. The van der Waals surface area contributed by atoms with Crippen molar-refractivity contribution in [2.45, 2.75) is 13.8 Å². The number of para-hydroxylation sites is 1. The highest BCUT2D eigenvalue weighted by Gasteiger charge is 2.09. The molecule has 4 rings (SSSR count). The number of nitrogens with zero attached hydrogens (tertiary/aromatic N) is 2. The summed E-state index contributed by atoms with van der Waals surface area (Å²) >= 11 is 0. The summed E-state index contributed by atoms with van der Waals surface area (Å²) in [5.41, 5.74) is 6.53. The predicted molar refractivity (Wildman–Crippen MR) is 113 cm³/mol. The number of carbonyl (C=O) groups is 1. The van der Waals surface area contributed by atoms with Gasteiger partial charge >= 0.3 is 0 Å². The van der Waals surface area contributed by atoms with Gasteiger partial charge in [0.2, 0.25) is 0 Å². The minimum atomic E-state index is -0.175. The number of benzene rings is 3. The number of hydrogen-bond donors (Lipinski definition) is 2. The lowest BCUT2D eigenvalue weighted by Gasteiger charge is -2.09. The SMILES string of the molecule is Cc1nc2ccc(C(=O)Nc3ccc(Nc4ccccc4)cc3)cc2nc1C. The molecule has 0 spiro atoms. The molecular weight excluding hydrogens is 348 g/mol. The highest BCUT2D eigenvalue weighted by atomic mass is 16.1. The summed E-state index contributed by atoms with van der Waals surface area (Å²) in [6.07, 6.45) is 0. The van der Waals surface area contributed by atoms with E-state index in [0.717, 1.165) is 39.5 Å². The van der Waals surface area contributed by atoms with Crippen molar-refractivity contribution in [2.75, 3.05) is 10.6 Å². The maximum absolute atomic E-state index is 12.6. The molecule has 3 aromatic carbocycles. The second-order valence-electron chi connectivity index (χ2n) is 6.62. The average Bonchev–Trinajstić information content (AvgIpc) is 2.71. The van der Waals surface area contributed by atoms with Crippen molar-refractivity contribution in [3.05, 3.63) is 89.7 Å². The van der Waals surface area contributed by atoms with Gasteiger partial charge in [0.25, 0.3) is 5.91 Å². The zero-order chi connectivity index (χ0) is 19.5. The van der Waals surface area contributed by atoms with Crippen LogP contribution in [0.25, 0.3) is 11.0 Å². The van der Waals surface area contributed by atoms with E-state index in [1.165, 1.54) is 0 Å². The highest BCUT2D eigenvalue weighted by molar-refractivity contribution is 6.06. The van der Waals surface area contributed by atoms with Crippen LogP contribution in [0.4, 0.5) is 17.1 Å². The molecule has 0 aliphatic heterocycles. The van der Waals surface area contributed by atoms with Crippen molar-refractivity contribution in [3.8, 4) is 0 Å². The first-order chi connectivity index (χ1) is 13.6.